The Morgan fingerprint density at radius 1 is 1.48 bits per heavy atom. The Balaban J connectivity index is 2.48. The highest BCUT2D eigenvalue weighted by Crippen LogP contribution is 2.29. The van der Waals surface area contributed by atoms with E-state index in [0.29, 0.717) is 12.8 Å². The molecule has 0 aromatic heterocycles. The Morgan fingerprint density at radius 3 is 2.74 bits per heavy atom. The van der Waals surface area contributed by atoms with Gasteiger partial charge in [0.15, 0.2) is 0 Å². The number of carboxylic acids is 1. The van der Waals surface area contributed by atoms with Crippen LogP contribution in [-0.4, -0.2) is 41.8 Å². The summed E-state index contributed by atoms with van der Waals surface area (Å²) in [5.74, 6) is -1.92. The van der Waals surface area contributed by atoms with Crippen molar-refractivity contribution in [1.82, 2.24) is 4.31 Å². The van der Waals surface area contributed by atoms with Gasteiger partial charge in [-0.3, -0.25) is 14.9 Å². The zero-order valence-electron chi connectivity index (χ0n) is 11.9. The molecule has 9 nitrogen and oxygen atoms in total. The summed E-state index contributed by atoms with van der Waals surface area (Å²) in [7, 11) is -4.18. The first-order chi connectivity index (χ1) is 10.8. The number of nitriles is 1. The third-order valence-corrected chi connectivity index (χ3v) is 5.57. The molecular weight excluding hydrogens is 326 g/mol. The van der Waals surface area contributed by atoms with E-state index in [2.05, 4.69) is 0 Å². The SMILES string of the molecule is N#Cc1c([N+](=O)[O-])cccc1S(=O)(=O)N1CCCC(C(=O)O)C1. The van der Waals surface area contributed by atoms with E-state index in [-0.39, 0.29) is 13.1 Å². The molecule has 1 aliphatic heterocycles. The molecule has 1 aromatic carbocycles. The third kappa shape index (κ3) is 3.15. The van der Waals surface area contributed by atoms with Crippen molar-refractivity contribution in [2.45, 2.75) is 17.7 Å². The van der Waals surface area contributed by atoms with Crippen molar-refractivity contribution in [2.75, 3.05) is 13.1 Å². The van der Waals surface area contributed by atoms with Crippen molar-refractivity contribution in [3.8, 4) is 6.07 Å². The lowest BCUT2D eigenvalue weighted by Crippen LogP contribution is -2.42. The molecule has 1 fully saturated rings. The number of carbonyl (C=O) groups is 1. The van der Waals surface area contributed by atoms with Gasteiger partial charge in [-0.2, -0.15) is 9.57 Å². The number of benzene rings is 1. The van der Waals surface area contributed by atoms with E-state index in [0.717, 1.165) is 16.4 Å². The van der Waals surface area contributed by atoms with Gasteiger partial charge in [-0.1, -0.05) is 6.07 Å². The highest BCUT2D eigenvalue weighted by atomic mass is 32.2. The number of nitrogens with zero attached hydrogens (tertiary/aromatic N) is 3. The Morgan fingerprint density at radius 2 is 2.17 bits per heavy atom. The molecule has 1 saturated heterocycles. The van der Waals surface area contributed by atoms with Crippen molar-refractivity contribution in [3.63, 3.8) is 0 Å². The van der Waals surface area contributed by atoms with Gasteiger partial charge in [0.1, 0.15) is 16.5 Å². The number of sulfonamides is 1. The number of aliphatic carboxylic acids is 1. The Bertz CT molecular complexity index is 798. The van der Waals surface area contributed by atoms with Gasteiger partial charge in [-0.25, -0.2) is 8.42 Å². The van der Waals surface area contributed by atoms with Crippen LogP contribution in [0.25, 0.3) is 0 Å². The number of nitro groups is 1. The number of hydrogen-bond acceptors (Lipinski definition) is 6. The topological polar surface area (TPSA) is 142 Å². The maximum absolute atomic E-state index is 12.7. The molecule has 0 bridgehead atoms. The van der Waals surface area contributed by atoms with E-state index in [1.807, 2.05) is 0 Å². The van der Waals surface area contributed by atoms with Crippen LogP contribution in [0, 0.1) is 27.4 Å². The molecule has 0 aliphatic carbocycles. The van der Waals surface area contributed by atoms with Crippen molar-refractivity contribution in [1.29, 1.82) is 5.26 Å². The second-order valence-corrected chi connectivity index (χ2v) is 6.97. The molecule has 1 N–H and O–H groups in total. The molecular formula is C13H13N3O6S. The average molecular weight is 339 g/mol. The van der Waals surface area contributed by atoms with Crippen molar-refractivity contribution >= 4 is 21.7 Å². The van der Waals surface area contributed by atoms with Gasteiger partial charge in [0.2, 0.25) is 10.0 Å². The lowest BCUT2D eigenvalue weighted by molar-refractivity contribution is -0.385. The summed E-state index contributed by atoms with van der Waals surface area (Å²) in [5.41, 5.74) is -1.14. The monoisotopic (exact) mass is 339 g/mol. The van der Waals surface area contributed by atoms with Crippen LogP contribution in [0.3, 0.4) is 0 Å². The fourth-order valence-electron chi connectivity index (χ4n) is 2.50. The van der Waals surface area contributed by atoms with Crippen LogP contribution in [0.2, 0.25) is 0 Å². The Kier molecular flexibility index (Phi) is 4.63. The first-order valence-corrected chi connectivity index (χ1v) is 8.13. The predicted molar refractivity (Wildman–Crippen MR) is 76.9 cm³/mol. The Hall–Kier alpha value is -2.51. The summed E-state index contributed by atoms with van der Waals surface area (Å²) in [6.07, 6.45) is 0.731. The van der Waals surface area contributed by atoms with Crippen molar-refractivity contribution in [3.05, 3.63) is 33.9 Å². The number of hydrogen-bond donors (Lipinski definition) is 1. The maximum atomic E-state index is 12.7. The second kappa shape index (κ2) is 6.31. The van der Waals surface area contributed by atoms with Gasteiger partial charge in [-0.05, 0) is 18.9 Å². The van der Waals surface area contributed by atoms with E-state index < -0.39 is 43.0 Å². The fourth-order valence-corrected chi connectivity index (χ4v) is 4.18. The number of piperidine rings is 1. The molecule has 23 heavy (non-hydrogen) atoms. The third-order valence-electron chi connectivity index (χ3n) is 3.66. The van der Waals surface area contributed by atoms with E-state index in [4.69, 9.17) is 10.4 Å². The quantitative estimate of drug-likeness (QED) is 0.635. The molecule has 0 saturated carbocycles. The van der Waals surface area contributed by atoms with Crippen LogP contribution in [0.15, 0.2) is 23.1 Å². The van der Waals surface area contributed by atoms with Crippen LogP contribution in [-0.2, 0) is 14.8 Å². The lowest BCUT2D eigenvalue weighted by Gasteiger charge is -2.29. The van der Waals surface area contributed by atoms with Gasteiger partial charge in [0, 0.05) is 19.2 Å². The van der Waals surface area contributed by atoms with Gasteiger partial charge < -0.3 is 5.11 Å². The second-order valence-electron chi connectivity index (χ2n) is 5.06. The van der Waals surface area contributed by atoms with Crippen LogP contribution < -0.4 is 0 Å². The van der Waals surface area contributed by atoms with Gasteiger partial charge >= 0.3 is 5.97 Å². The molecule has 1 aliphatic rings. The van der Waals surface area contributed by atoms with Crippen molar-refractivity contribution < 1.29 is 23.2 Å². The van der Waals surface area contributed by atoms with Crippen LogP contribution in [0.4, 0.5) is 5.69 Å². The van der Waals surface area contributed by atoms with Crippen molar-refractivity contribution in [2.24, 2.45) is 5.92 Å². The molecule has 0 radical (unpaired) electrons. The number of carboxylic acid groups (broad SMARTS) is 1. The molecule has 2 rings (SSSR count). The van der Waals surface area contributed by atoms with E-state index in [1.54, 1.807) is 6.07 Å². The molecule has 0 spiro atoms. The zero-order valence-corrected chi connectivity index (χ0v) is 12.7. The predicted octanol–water partition coefficient (Wildman–Crippen LogP) is 0.952. The van der Waals surface area contributed by atoms with E-state index >= 15 is 0 Å². The van der Waals surface area contributed by atoms with E-state index in [1.165, 1.54) is 6.07 Å². The zero-order chi connectivity index (χ0) is 17.2. The summed E-state index contributed by atoms with van der Waals surface area (Å²) >= 11 is 0. The Labute approximate surface area is 132 Å². The molecule has 1 heterocycles. The fraction of sp³-hybridized carbons (Fsp3) is 0.385. The number of rotatable bonds is 4. The standard InChI is InChI=1S/C13H13N3O6S/c14-7-10-11(16(19)20)4-1-5-12(10)23(21,22)15-6-2-3-9(8-15)13(17)18/h1,4-5,9H,2-3,6,8H2,(H,17,18). The minimum absolute atomic E-state index is 0.111. The minimum atomic E-state index is -4.18. The smallest absolute Gasteiger partial charge is 0.307 e. The van der Waals surface area contributed by atoms with Crippen LogP contribution in [0.1, 0.15) is 18.4 Å². The highest BCUT2D eigenvalue weighted by Gasteiger charge is 2.36. The molecule has 1 aromatic rings. The lowest BCUT2D eigenvalue weighted by atomic mass is 10.0. The largest absolute Gasteiger partial charge is 0.481 e. The van der Waals surface area contributed by atoms with Gasteiger partial charge in [-0.15, -0.1) is 0 Å². The normalized spacial score (nSPS) is 19.0. The molecule has 1 unspecified atom stereocenters. The molecule has 10 heteroatoms. The number of nitro benzene ring substituents is 1. The van der Waals surface area contributed by atoms with E-state index in [9.17, 15) is 23.3 Å². The summed E-state index contributed by atoms with van der Waals surface area (Å²) in [6.45, 7) is -0.106. The van der Waals surface area contributed by atoms with Gasteiger partial charge in [0.25, 0.3) is 5.69 Å². The first kappa shape index (κ1) is 16.9. The molecule has 0 amide bonds. The molecule has 1 atom stereocenters. The summed E-state index contributed by atoms with van der Waals surface area (Å²) in [6, 6.07) is 4.91. The first-order valence-electron chi connectivity index (χ1n) is 6.69. The summed E-state index contributed by atoms with van der Waals surface area (Å²) in [4.78, 5) is 20.7. The van der Waals surface area contributed by atoms with Crippen LogP contribution >= 0.6 is 0 Å². The summed E-state index contributed by atoms with van der Waals surface area (Å²) < 4.78 is 26.3. The van der Waals surface area contributed by atoms with Gasteiger partial charge in [0.05, 0.1) is 10.8 Å². The van der Waals surface area contributed by atoms with Crippen LogP contribution in [0.5, 0.6) is 0 Å². The summed E-state index contributed by atoms with van der Waals surface area (Å²) in [5, 5.41) is 29.1. The minimum Gasteiger partial charge on any atom is -0.481 e. The molecule has 122 valence electrons. The average Bonchev–Trinajstić information content (AvgIpc) is 2.53. The maximum Gasteiger partial charge on any atom is 0.307 e. The highest BCUT2D eigenvalue weighted by molar-refractivity contribution is 7.89.